The van der Waals surface area contributed by atoms with E-state index >= 15 is 0 Å². The van der Waals surface area contributed by atoms with E-state index in [1.165, 1.54) is 0 Å². The largest absolute Gasteiger partial charge is 0.489 e. The van der Waals surface area contributed by atoms with Crippen LogP contribution in [0.25, 0.3) is 0 Å². The third-order valence-corrected chi connectivity index (χ3v) is 3.59. The Kier molecular flexibility index (Phi) is 6.48. The van der Waals surface area contributed by atoms with Crippen molar-refractivity contribution in [1.82, 2.24) is 4.98 Å². The van der Waals surface area contributed by atoms with Crippen LogP contribution in [0.5, 0.6) is 5.75 Å². The van der Waals surface area contributed by atoms with Gasteiger partial charge >= 0.3 is 0 Å². The van der Waals surface area contributed by atoms with Crippen LogP contribution in [0.4, 0.5) is 0 Å². The molecule has 25 heavy (non-hydrogen) atoms. The fraction of sp³-hybridized carbons (Fsp3) is 0.667. The third kappa shape index (κ3) is 7.90. The van der Waals surface area contributed by atoms with Gasteiger partial charge in [0.05, 0.1) is 30.1 Å². The highest BCUT2D eigenvalue weighted by Gasteiger charge is 2.34. The smallest absolute Gasteiger partial charge is 0.138 e. The Morgan fingerprint density at radius 1 is 1.04 bits per heavy atom. The minimum atomic E-state index is -0.114. The maximum Gasteiger partial charge on any atom is 0.138 e. The number of aromatic nitrogens is 1. The van der Waals surface area contributed by atoms with Crippen LogP contribution in [-0.2, 0) is 9.47 Å². The van der Waals surface area contributed by atoms with Crippen molar-refractivity contribution in [1.29, 1.82) is 0 Å². The molecule has 1 fully saturated rings. The number of nitrogens with zero attached hydrogens (tertiary/aromatic N) is 1. The Balaban J connectivity index is 1.71. The first-order valence-corrected chi connectivity index (χ1v) is 9.04. The minimum Gasteiger partial charge on any atom is -0.489 e. The molecule has 4 heteroatoms. The highest BCUT2D eigenvalue weighted by molar-refractivity contribution is 5.31. The van der Waals surface area contributed by atoms with Crippen LogP contribution in [0.3, 0.4) is 0 Å². The second-order valence-corrected chi connectivity index (χ2v) is 8.46. The quantitative estimate of drug-likeness (QED) is 0.587. The summed E-state index contributed by atoms with van der Waals surface area (Å²) >= 11 is 0. The zero-order valence-corrected chi connectivity index (χ0v) is 16.4. The summed E-state index contributed by atoms with van der Waals surface area (Å²) in [7, 11) is 0. The van der Waals surface area contributed by atoms with Crippen LogP contribution >= 0.6 is 0 Å². The van der Waals surface area contributed by atoms with Crippen molar-refractivity contribution in [3.8, 4) is 17.6 Å². The van der Waals surface area contributed by atoms with E-state index in [0.717, 1.165) is 24.3 Å². The standard InChI is InChI=1S/C21H31NO3/c1-20(2,3)23-12-8-7-9-16-10-11-17(15-22-16)24-18-13-19(14-18)25-21(4,5)6/h10-11,15,18-19H,8,12-14H2,1-6H3. The molecule has 4 nitrogen and oxygen atoms in total. The van der Waals surface area contributed by atoms with Crippen molar-refractivity contribution in [3.63, 3.8) is 0 Å². The van der Waals surface area contributed by atoms with Gasteiger partial charge in [-0.1, -0.05) is 5.92 Å². The van der Waals surface area contributed by atoms with Crippen LogP contribution in [0.2, 0.25) is 0 Å². The Bertz CT molecular complexity index is 593. The summed E-state index contributed by atoms with van der Waals surface area (Å²) < 4.78 is 17.5. The SMILES string of the molecule is CC(C)(C)OCCC#Cc1ccc(OC2CC(OC(C)(C)C)C2)cn1. The molecule has 1 aromatic heterocycles. The van der Waals surface area contributed by atoms with Gasteiger partial charge in [0.25, 0.3) is 0 Å². The molecule has 1 aromatic rings. The molecule has 0 unspecified atom stereocenters. The molecular formula is C21H31NO3. The monoisotopic (exact) mass is 345 g/mol. The van der Waals surface area contributed by atoms with Gasteiger partial charge in [-0.05, 0) is 59.6 Å². The lowest BCUT2D eigenvalue weighted by Crippen LogP contribution is -2.43. The van der Waals surface area contributed by atoms with Gasteiger partial charge in [-0.15, -0.1) is 0 Å². The summed E-state index contributed by atoms with van der Waals surface area (Å²) in [6.07, 6.45) is 4.85. The van der Waals surface area contributed by atoms with Crippen LogP contribution < -0.4 is 4.74 Å². The zero-order valence-electron chi connectivity index (χ0n) is 16.4. The molecule has 0 amide bonds. The molecule has 1 heterocycles. The first-order chi connectivity index (χ1) is 11.6. The van der Waals surface area contributed by atoms with Crippen molar-refractivity contribution in [3.05, 3.63) is 24.0 Å². The number of hydrogen-bond acceptors (Lipinski definition) is 4. The molecule has 0 spiro atoms. The first-order valence-electron chi connectivity index (χ1n) is 9.04. The molecule has 0 aromatic carbocycles. The molecule has 1 saturated carbocycles. The second-order valence-electron chi connectivity index (χ2n) is 8.46. The summed E-state index contributed by atoms with van der Waals surface area (Å²) in [5.41, 5.74) is 0.554. The lowest BCUT2D eigenvalue weighted by molar-refractivity contribution is -0.126. The van der Waals surface area contributed by atoms with E-state index in [9.17, 15) is 0 Å². The molecule has 0 aliphatic heterocycles. The van der Waals surface area contributed by atoms with Gasteiger partial charge in [-0.3, -0.25) is 0 Å². The van der Waals surface area contributed by atoms with E-state index in [1.54, 1.807) is 6.20 Å². The molecule has 138 valence electrons. The molecule has 0 atom stereocenters. The summed E-state index contributed by atoms with van der Waals surface area (Å²) in [4.78, 5) is 4.34. The van der Waals surface area contributed by atoms with Crippen molar-refractivity contribution >= 4 is 0 Å². The van der Waals surface area contributed by atoms with Crippen LogP contribution in [0, 0.1) is 11.8 Å². The summed E-state index contributed by atoms with van der Waals surface area (Å²) in [6.45, 7) is 13.0. The van der Waals surface area contributed by atoms with Crippen molar-refractivity contribution in [2.75, 3.05) is 6.61 Å². The third-order valence-electron chi connectivity index (χ3n) is 3.59. The van der Waals surface area contributed by atoms with Crippen LogP contribution in [0.1, 0.15) is 66.5 Å². The highest BCUT2D eigenvalue weighted by atomic mass is 16.5. The average molecular weight is 345 g/mol. The zero-order chi connectivity index (χ0) is 18.5. The number of ether oxygens (including phenoxy) is 3. The molecule has 2 rings (SSSR count). The van der Waals surface area contributed by atoms with Crippen LogP contribution in [0.15, 0.2) is 18.3 Å². The predicted molar refractivity (Wildman–Crippen MR) is 99.7 cm³/mol. The Labute approximate surface area is 152 Å². The van der Waals surface area contributed by atoms with Crippen molar-refractivity contribution in [2.24, 2.45) is 0 Å². The summed E-state index contributed by atoms with van der Waals surface area (Å²) in [6, 6.07) is 3.83. The fourth-order valence-corrected chi connectivity index (χ4v) is 2.49. The fourth-order valence-electron chi connectivity index (χ4n) is 2.49. The predicted octanol–water partition coefficient (Wildman–Crippen LogP) is 4.36. The van der Waals surface area contributed by atoms with E-state index in [4.69, 9.17) is 14.2 Å². The summed E-state index contributed by atoms with van der Waals surface area (Å²) in [5.74, 6) is 6.94. The molecule has 1 aliphatic rings. The van der Waals surface area contributed by atoms with Crippen LogP contribution in [-0.4, -0.2) is 35.0 Å². The molecule has 0 saturated heterocycles. The lowest BCUT2D eigenvalue weighted by atomic mass is 9.91. The summed E-state index contributed by atoms with van der Waals surface area (Å²) in [5, 5.41) is 0. The molecule has 0 bridgehead atoms. The second kappa shape index (κ2) is 8.21. The highest BCUT2D eigenvalue weighted by Crippen LogP contribution is 2.30. The molecular weight excluding hydrogens is 314 g/mol. The van der Waals surface area contributed by atoms with E-state index in [1.807, 2.05) is 32.9 Å². The van der Waals surface area contributed by atoms with Gasteiger partial charge in [0.15, 0.2) is 0 Å². The molecule has 0 N–H and O–H groups in total. The van der Waals surface area contributed by atoms with E-state index in [0.29, 0.717) is 19.1 Å². The van der Waals surface area contributed by atoms with Gasteiger partial charge in [0.2, 0.25) is 0 Å². The molecule has 0 radical (unpaired) electrons. The van der Waals surface area contributed by atoms with Crippen molar-refractivity contribution in [2.45, 2.75) is 84.2 Å². The normalized spacial score (nSPS) is 20.4. The molecule has 1 aliphatic carbocycles. The lowest BCUT2D eigenvalue weighted by Gasteiger charge is -2.39. The Morgan fingerprint density at radius 3 is 2.32 bits per heavy atom. The van der Waals surface area contributed by atoms with E-state index in [2.05, 4.69) is 37.6 Å². The van der Waals surface area contributed by atoms with Gasteiger partial charge in [0.1, 0.15) is 17.5 Å². The van der Waals surface area contributed by atoms with E-state index < -0.39 is 0 Å². The Hall–Kier alpha value is -1.57. The first kappa shape index (κ1) is 19.8. The minimum absolute atomic E-state index is 0.0879. The number of pyridine rings is 1. The van der Waals surface area contributed by atoms with Gasteiger partial charge in [0, 0.05) is 19.3 Å². The maximum absolute atomic E-state index is 5.92. The van der Waals surface area contributed by atoms with Crippen molar-refractivity contribution < 1.29 is 14.2 Å². The van der Waals surface area contributed by atoms with Gasteiger partial charge in [-0.2, -0.15) is 0 Å². The number of rotatable bonds is 5. The average Bonchev–Trinajstić information content (AvgIpc) is 2.44. The van der Waals surface area contributed by atoms with Gasteiger partial charge < -0.3 is 14.2 Å². The topological polar surface area (TPSA) is 40.6 Å². The Morgan fingerprint density at radius 2 is 1.76 bits per heavy atom. The number of hydrogen-bond donors (Lipinski definition) is 0. The van der Waals surface area contributed by atoms with E-state index in [-0.39, 0.29) is 17.3 Å². The van der Waals surface area contributed by atoms with Gasteiger partial charge in [-0.25, -0.2) is 4.98 Å². The maximum atomic E-state index is 5.92.